The van der Waals surface area contributed by atoms with Gasteiger partial charge in [-0.3, -0.25) is 4.79 Å². The topological polar surface area (TPSA) is 20.3 Å². The van der Waals surface area contributed by atoms with Gasteiger partial charge in [0.1, 0.15) is 0 Å². The van der Waals surface area contributed by atoms with Crippen molar-refractivity contribution >= 4 is 5.91 Å². The summed E-state index contributed by atoms with van der Waals surface area (Å²) in [5, 5.41) is 0. The molecule has 62 valence electrons. The number of fused-ring (bicyclic) bond motifs is 1. The van der Waals surface area contributed by atoms with Crippen molar-refractivity contribution < 1.29 is 4.79 Å². The maximum atomic E-state index is 11.6. The molecular weight excluding hydrogens is 138 g/mol. The van der Waals surface area contributed by atoms with Gasteiger partial charge in [-0.1, -0.05) is 0 Å². The Bertz CT molecular complexity index is 204. The second kappa shape index (κ2) is 1.79. The largest absolute Gasteiger partial charge is 0.343 e. The highest BCUT2D eigenvalue weighted by Crippen LogP contribution is 2.75. The van der Waals surface area contributed by atoms with E-state index in [1.54, 1.807) is 0 Å². The van der Waals surface area contributed by atoms with E-state index in [2.05, 4.69) is 13.8 Å². The molecule has 0 spiro atoms. The fraction of sp³-hybridized carbons (Fsp3) is 0.889. The molecule has 0 heterocycles. The number of nitrogens with zero attached hydrogens (tertiary/aromatic N) is 1. The van der Waals surface area contributed by atoms with Gasteiger partial charge in [-0.15, -0.1) is 0 Å². The Kier molecular flexibility index (Phi) is 1.16. The second-order valence-electron chi connectivity index (χ2n) is 4.27. The van der Waals surface area contributed by atoms with Crippen molar-refractivity contribution in [1.82, 2.24) is 4.90 Å². The summed E-state index contributed by atoms with van der Waals surface area (Å²) in [6.07, 6.45) is 2.34. The van der Waals surface area contributed by atoms with E-state index in [1.165, 1.54) is 12.8 Å². The highest BCUT2D eigenvalue weighted by molar-refractivity contribution is 5.90. The van der Waals surface area contributed by atoms with E-state index in [4.69, 9.17) is 0 Å². The predicted octanol–water partition coefficient (Wildman–Crippen LogP) is 1.26. The van der Waals surface area contributed by atoms with Gasteiger partial charge in [0.2, 0.25) is 5.91 Å². The maximum Gasteiger partial charge on any atom is 0.229 e. The summed E-state index contributed by atoms with van der Waals surface area (Å²) in [5.74, 6) is 1.16. The number of carbonyl (C=O) groups is 1. The lowest BCUT2D eigenvalue weighted by Crippen LogP contribution is -2.36. The monoisotopic (exact) mass is 153 g/mol. The Morgan fingerprint density at radius 1 is 1.55 bits per heavy atom. The first-order chi connectivity index (χ1) is 5.08. The number of rotatable bonds is 2. The van der Waals surface area contributed by atoms with Crippen LogP contribution in [-0.2, 0) is 4.79 Å². The van der Waals surface area contributed by atoms with Crippen molar-refractivity contribution in [3.63, 3.8) is 0 Å². The van der Waals surface area contributed by atoms with Crippen LogP contribution in [-0.4, -0.2) is 23.9 Å². The summed E-state index contributed by atoms with van der Waals surface area (Å²) < 4.78 is 0. The number of amides is 1. The van der Waals surface area contributed by atoms with Gasteiger partial charge in [0.25, 0.3) is 0 Å². The average Bonchev–Trinajstić information content (AvgIpc) is 2.68. The van der Waals surface area contributed by atoms with Crippen LogP contribution in [0.15, 0.2) is 0 Å². The summed E-state index contributed by atoms with van der Waals surface area (Å²) in [6, 6.07) is 0.360. The number of carbonyl (C=O) groups excluding carboxylic acids is 1. The minimum absolute atomic E-state index is 0.166. The Hall–Kier alpha value is -0.530. The van der Waals surface area contributed by atoms with Crippen molar-refractivity contribution in [3.05, 3.63) is 0 Å². The standard InChI is InChI=1S/C9H15NO/c1-6(2)10(3)8(11)9-4-7(9)5-9/h6-7H,4-5H2,1-3H3. The van der Waals surface area contributed by atoms with Gasteiger partial charge in [0.05, 0.1) is 5.41 Å². The third-order valence-electron chi connectivity index (χ3n) is 3.20. The van der Waals surface area contributed by atoms with Crippen LogP contribution in [0.2, 0.25) is 0 Å². The predicted molar refractivity (Wildman–Crippen MR) is 43.1 cm³/mol. The molecule has 0 unspecified atom stereocenters. The molecule has 0 N–H and O–H groups in total. The summed E-state index contributed by atoms with van der Waals surface area (Å²) in [7, 11) is 1.91. The summed E-state index contributed by atoms with van der Waals surface area (Å²) in [5.41, 5.74) is 0.166. The summed E-state index contributed by atoms with van der Waals surface area (Å²) in [6.45, 7) is 4.13. The SMILES string of the molecule is CC(C)N(C)C(=O)C12CC1C2. The zero-order valence-corrected chi connectivity index (χ0v) is 7.42. The summed E-state index contributed by atoms with van der Waals surface area (Å²) in [4.78, 5) is 13.5. The van der Waals surface area contributed by atoms with E-state index in [-0.39, 0.29) is 5.41 Å². The Balaban J connectivity index is 1.99. The quantitative estimate of drug-likeness (QED) is 0.585. The van der Waals surface area contributed by atoms with E-state index in [1.807, 2.05) is 11.9 Å². The normalized spacial score (nSPS) is 38.4. The second-order valence-corrected chi connectivity index (χ2v) is 4.27. The van der Waals surface area contributed by atoms with Crippen molar-refractivity contribution in [2.45, 2.75) is 32.7 Å². The zero-order valence-electron chi connectivity index (χ0n) is 7.42. The van der Waals surface area contributed by atoms with E-state index in [0.29, 0.717) is 11.9 Å². The van der Waals surface area contributed by atoms with Gasteiger partial charge >= 0.3 is 0 Å². The molecule has 2 heteroatoms. The lowest BCUT2D eigenvalue weighted by atomic mass is 10.2. The molecule has 2 saturated carbocycles. The van der Waals surface area contributed by atoms with Crippen molar-refractivity contribution in [2.24, 2.45) is 11.3 Å². The van der Waals surface area contributed by atoms with Crippen molar-refractivity contribution in [3.8, 4) is 0 Å². The van der Waals surface area contributed by atoms with Crippen LogP contribution in [0.1, 0.15) is 26.7 Å². The van der Waals surface area contributed by atoms with E-state index >= 15 is 0 Å². The molecule has 0 aromatic rings. The van der Waals surface area contributed by atoms with Crippen LogP contribution in [0.25, 0.3) is 0 Å². The molecule has 2 aliphatic carbocycles. The number of hydrogen-bond acceptors (Lipinski definition) is 1. The zero-order chi connectivity index (χ0) is 8.22. The van der Waals surface area contributed by atoms with Crippen LogP contribution in [0, 0.1) is 11.3 Å². The molecule has 0 atom stereocenters. The van der Waals surface area contributed by atoms with Crippen LogP contribution >= 0.6 is 0 Å². The molecule has 1 amide bonds. The molecule has 11 heavy (non-hydrogen) atoms. The number of hydrogen-bond donors (Lipinski definition) is 0. The molecule has 0 bridgehead atoms. The highest BCUT2D eigenvalue weighted by Gasteiger charge is 2.75. The molecule has 0 radical (unpaired) electrons. The Morgan fingerprint density at radius 3 is 2.27 bits per heavy atom. The third-order valence-corrected chi connectivity index (χ3v) is 3.20. The molecule has 0 aromatic heterocycles. The third kappa shape index (κ3) is 0.815. The molecule has 2 nitrogen and oxygen atoms in total. The highest BCUT2D eigenvalue weighted by atomic mass is 16.2. The van der Waals surface area contributed by atoms with Gasteiger partial charge < -0.3 is 4.90 Å². The molecule has 0 saturated heterocycles. The first kappa shape index (κ1) is 7.14. The first-order valence-corrected chi connectivity index (χ1v) is 4.35. The lowest BCUT2D eigenvalue weighted by molar-refractivity contribution is -0.134. The minimum Gasteiger partial charge on any atom is -0.343 e. The molecular formula is C9H15NO. The molecule has 0 aliphatic heterocycles. The lowest BCUT2D eigenvalue weighted by Gasteiger charge is -2.22. The Labute approximate surface area is 67.6 Å². The minimum atomic E-state index is 0.166. The fourth-order valence-corrected chi connectivity index (χ4v) is 1.64. The van der Waals surface area contributed by atoms with Gasteiger partial charge in [0, 0.05) is 13.1 Å². The van der Waals surface area contributed by atoms with E-state index in [9.17, 15) is 4.79 Å². The smallest absolute Gasteiger partial charge is 0.229 e. The van der Waals surface area contributed by atoms with Gasteiger partial charge in [-0.2, -0.15) is 0 Å². The van der Waals surface area contributed by atoms with Crippen molar-refractivity contribution in [2.75, 3.05) is 7.05 Å². The molecule has 2 aliphatic rings. The van der Waals surface area contributed by atoms with Crippen LogP contribution in [0.4, 0.5) is 0 Å². The van der Waals surface area contributed by atoms with Crippen LogP contribution in [0.3, 0.4) is 0 Å². The van der Waals surface area contributed by atoms with Crippen molar-refractivity contribution in [1.29, 1.82) is 0 Å². The van der Waals surface area contributed by atoms with Gasteiger partial charge in [-0.25, -0.2) is 0 Å². The average molecular weight is 153 g/mol. The summed E-state index contributed by atoms with van der Waals surface area (Å²) >= 11 is 0. The van der Waals surface area contributed by atoms with Gasteiger partial charge in [-0.05, 0) is 32.6 Å². The Morgan fingerprint density at radius 2 is 2.00 bits per heavy atom. The first-order valence-electron chi connectivity index (χ1n) is 4.35. The van der Waals surface area contributed by atoms with E-state index < -0.39 is 0 Å². The van der Waals surface area contributed by atoms with E-state index in [0.717, 1.165) is 5.92 Å². The molecule has 0 aromatic carbocycles. The van der Waals surface area contributed by atoms with Gasteiger partial charge in [0.15, 0.2) is 0 Å². The fourth-order valence-electron chi connectivity index (χ4n) is 1.64. The maximum absolute atomic E-state index is 11.6. The van der Waals surface area contributed by atoms with Crippen LogP contribution < -0.4 is 0 Å². The molecule has 2 fully saturated rings. The van der Waals surface area contributed by atoms with Crippen LogP contribution in [0.5, 0.6) is 0 Å². The molecule has 2 rings (SSSR count).